The lowest BCUT2D eigenvalue weighted by Crippen LogP contribution is -2.19. The lowest BCUT2D eigenvalue weighted by Gasteiger charge is -2.17. The highest BCUT2D eigenvalue weighted by atomic mass is 16.5. The van der Waals surface area contributed by atoms with Crippen LogP contribution in [0.3, 0.4) is 0 Å². The molecule has 148 valence electrons. The zero-order valence-electron chi connectivity index (χ0n) is 17.0. The van der Waals surface area contributed by atoms with E-state index >= 15 is 0 Å². The van der Waals surface area contributed by atoms with Gasteiger partial charge >= 0.3 is 0 Å². The van der Waals surface area contributed by atoms with Crippen molar-refractivity contribution in [3.8, 4) is 11.4 Å². The molecule has 0 aliphatic heterocycles. The van der Waals surface area contributed by atoms with E-state index in [1.165, 1.54) is 5.56 Å². The number of aliphatic hydroxyl groups excluding tert-OH is 1. The number of benzene rings is 2. The number of hydrogen-bond acceptors (Lipinski definition) is 4. The van der Waals surface area contributed by atoms with Crippen molar-refractivity contribution < 1.29 is 9.84 Å². The minimum absolute atomic E-state index is 0.0333. The van der Waals surface area contributed by atoms with Crippen LogP contribution in [-0.4, -0.2) is 21.0 Å². The smallest absolute Gasteiger partial charge is 0.125 e. The van der Waals surface area contributed by atoms with Crippen molar-refractivity contribution in [1.82, 2.24) is 15.1 Å². The predicted molar refractivity (Wildman–Crippen MR) is 112 cm³/mol. The highest BCUT2D eigenvalue weighted by Gasteiger charge is 2.14. The Balaban J connectivity index is 1.69. The molecule has 0 aliphatic rings. The SMILES string of the molecule is Cc1c([C@@H](C)NCc2ccc(OC(C)C)c(CO)c2)cnn1-c1ccccc1. The molecule has 0 spiro atoms. The summed E-state index contributed by atoms with van der Waals surface area (Å²) in [6, 6.07) is 16.3. The van der Waals surface area contributed by atoms with E-state index in [4.69, 9.17) is 4.74 Å². The number of hydrogen-bond donors (Lipinski definition) is 2. The molecule has 1 heterocycles. The third kappa shape index (κ3) is 4.61. The average Bonchev–Trinajstić information content (AvgIpc) is 3.08. The van der Waals surface area contributed by atoms with E-state index in [9.17, 15) is 5.11 Å². The van der Waals surface area contributed by atoms with Gasteiger partial charge in [0.2, 0.25) is 0 Å². The van der Waals surface area contributed by atoms with Crippen molar-refractivity contribution in [2.45, 2.75) is 53.0 Å². The zero-order valence-corrected chi connectivity index (χ0v) is 17.0. The summed E-state index contributed by atoms with van der Waals surface area (Å²) in [7, 11) is 0. The van der Waals surface area contributed by atoms with E-state index in [0.29, 0.717) is 6.54 Å². The third-order valence-electron chi connectivity index (χ3n) is 4.79. The van der Waals surface area contributed by atoms with Crippen molar-refractivity contribution in [2.24, 2.45) is 0 Å². The molecule has 0 saturated carbocycles. The van der Waals surface area contributed by atoms with Gasteiger partial charge in [0.15, 0.2) is 0 Å². The number of para-hydroxylation sites is 1. The molecule has 2 aromatic carbocycles. The van der Waals surface area contributed by atoms with Crippen molar-refractivity contribution in [3.05, 3.63) is 77.1 Å². The zero-order chi connectivity index (χ0) is 20.1. The van der Waals surface area contributed by atoms with Crippen LogP contribution in [0.5, 0.6) is 5.75 Å². The second kappa shape index (κ2) is 9.04. The first kappa shape index (κ1) is 20.1. The van der Waals surface area contributed by atoms with Gasteiger partial charge in [0.1, 0.15) is 5.75 Å². The number of nitrogens with one attached hydrogen (secondary N) is 1. The van der Waals surface area contributed by atoms with Gasteiger partial charge in [-0.25, -0.2) is 4.68 Å². The Bertz CT molecular complexity index is 903. The molecule has 0 amide bonds. The summed E-state index contributed by atoms with van der Waals surface area (Å²) < 4.78 is 7.72. The van der Waals surface area contributed by atoms with E-state index in [-0.39, 0.29) is 18.8 Å². The molecule has 0 bridgehead atoms. The fraction of sp³-hybridized carbons (Fsp3) is 0.348. The standard InChI is InChI=1S/C23H29N3O2/c1-16(2)28-23-11-10-19(12-20(23)15-27)13-24-17(3)22-14-25-26(18(22)4)21-8-6-5-7-9-21/h5-12,14,16-17,24,27H,13,15H2,1-4H3/t17-/m1/s1. The summed E-state index contributed by atoms with van der Waals surface area (Å²) in [5, 5.41) is 17.8. The molecular weight excluding hydrogens is 350 g/mol. The molecule has 3 rings (SSSR count). The second-order valence-electron chi connectivity index (χ2n) is 7.30. The van der Waals surface area contributed by atoms with Crippen LogP contribution >= 0.6 is 0 Å². The molecule has 5 nitrogen and oxygen atoms in total. The van der Waals surface area contributed by atoms with Crippen LogP contribution < -0.4 is 10.1 Å². The molecule has 3 aromatic rings. The van der Waals surface area contributed by atoms with Crippen molar-refractivity contribution in [1.29, 1.82) is 0 Å². The maximum Gasteiger partial charge on any atom is 0.125 e. The molecule has 0 unspecified atom stereocenters. The Morgan fingerprint density at radius 2 is 1.86 bits per heavy atom. The van der Waals surface area contributed by atoms with Gasteiger partial charge in [-0.1, -0.05) is 24.3 Å². The molecule has 1 aromatic heterocycles. The van der Waals surface area contributed by atoms with Crippen LogP contribution in [0.15, 0.2) is 54.7 Å². The van der Waals surface area contributed by atoms with Crippen LogP contribution in [0.2, 0.25) is 0 Å². The van der Waals surface area contributed by atoms with E-state index < -0.39 is 0 Å². The van der Waals surface area contributed by atoms with Gasteiger partial charge in [-0.3, -0.25) is 0 Å². The number of nitrogens with zero attached hydrogens (tertiary/aromatic N) is 2. The Kier molecular flexibility index (Phi) is 6.49. The second-order valence-corrected chi connectivity index (χ2v) is 7.30. The first-order chi connectivity index (χ1) is 13.5. The Hall–Kier alpha value is -2.63. The van der Waals surface area contributed by atoms with Gasteiger partial charge in [0.25, 0.3) is 0 Å². The van der Waals surface area contributed by atoms with Gasteiger partial charge in [-0.2, -0.15) is 5.10 Å². The number of aliphatic hydroxyl groups is 1. The highest BCUT2D eigenvalue weighted by Crippen LogP contribution is 2.23. The monoisotopic (exact) mass is 379 g/mol. The molecule has 2 N–H and O–H groups in total. The minimum Gasteiger partial charge on any atom is -0.491 e. The summed E-state index contributed by atoms with van der Waals surface area (Å²) in [5.74, 6) is 0.745. The lowest BCUT2D eigenvalue weighted by molar-refractivity contribution is 0.225. The minimum atomic E-state index is -0.0333. The largest absolute Gasteiger partial charge is 0.491 e. The molecule has 28 heavy (non-hydrogen) atoms. The normalized spacial score (nSPS) is 12.4. The van der Waals surface area contributed by atoms with Gasteiger partial charge in [0, 0.05) is 29.4 Å². The number of aromatic nitrogens is 2. The summed E-state index contributed by atoms with van der Waals surface area (Å²) in [4.78, 5) is 0. The highest BCUT2D eigenvalue weighted by molar-refractivity contribution is 5.38. The molecule has 5 heteroatoms. The van der Waals surface area contributed by atoms with Crippen LogP contribution in [-0.2, 0) is 13.2 Å². The van der Waals surface area contributed by atoms with Crippen LogP contribution in [0.1, 0.15) is 49.2 Å². The van der Waals surface area contributed by atoms with Gasteiger partial charge in [-0.15, -0.1) is 0 Å². The van der Waals surface area contributed by atoms with Crippen LogP contribution in [0, 0.1) is 6.92 Å². The Morgan fingerprint density at radius 3 is 2.54 bits per heavy atom. The fourth-order valence-corrected chi connectivity index (χ4v) is 3.29. The fourth-order valence-electron chi connectivity index (χ4n) is 3.29. The molecular formula is C23H29N3O2. The van der Waals surface area contributed by atoms with Crippen LogP contribution in [0.25, 0.3) is 5.69 Å². The summed E-state index contributed by atoms with van der Waals surface area (Å²) >= 11 is 0. The number of rotatable bonds is 8. The van der Waals surface area contributed by atoms with Crippen molar-refractivity contribution >= 4 is 0 Å². The maximum atomic E-state index is 9.65. The van der Waals surface area contributed by atoms with Crippen molar-refractivity contribution in [2.75, 3.05) is 0 Å². The van der Waals surface area contributed by atoms with Gasteiger partial charge < -0.3 is 15.2 Å². The van der Waals surface area contributed by atoms with Gasteiger partial charge in [-0.05, 0) is 57.5 Å². The Labute approximate surface area is 167 Å². The predicted octanol–water partition coefficient (Wildman–Crippen LogP) is 4.31. The van der Waals surface area contributed by atoms with E-state index in [1.54, 1.807) is 0 Å². The topological polar surface area (TPSA) is 59.3 Å². The summed E-state index contributed by atoms with van der Waals surface area (Å²) in [6.45, 7) is 8.87. The van der Waals surface area contributed by atoms with Crippen molar-refractivity contribution in [3.63, 3.8) is 0 Å². The molecule has 0 radical (unpaired) electrons. The average molecular weight is 380 g/mol. The Morgan fingerprint density at radius 1 is 1.11 bits per heavy atom. The van der Waals surface area contributed by atoms with E-state index in [1.807, 2.05) is 61.1 Å². The first-order valence-corrected chi connectivity index (χ1v) is 9.72. The number of ether oxygens (including phenoxy) is 1. The summed E-state index contributed by atoms with van der Waals surface area (Å²) in [6.07, 6.45) is 2.01. The molecule has 0 fully saturated rings. The third-order valence-corrected chi connectivity index (χ3v) is 4.79. The van der Waals surface area contributed by atoms with Crippen LogP contribution in [0.4, 0.5) is 0 Å². The lowest BCUT2D eigenvalue weighted by atomic mass is 10.1. The molecule has 1 atom stereocenters. The van der Waals surface area contributed by atoms with E-state index in [2.05, 4.69) is 36.4 Å². The van der Waals surface area contributed by atoms with Gasteiger partial charge in [0.05, 0.1) is 24.6 Å². The maximum absolute atomic E-state index is 9.65. The quantitative estimate of drug-likeness (QED) is 0.612. The molecule has 0 saturated heterocycles. The molecule has 0 aliphatic carbocycles. The van der Waals surface area contributed by atoms with E-state index in [0.717, 1.165) is 28.3 Å². The summed E-state index contributed by atoms with van der Waals surface area (Å²) in [5.41, 5.74) is 5.29. The first-order valence-electron chi connectivity index (χ1n) is 9.72.